The van der Waals surface area contributed by atoms with E-state index in [0.29, 0.717) is 35.4 Å². The summed E-state index contributed by atoms with van der Waals surface area (Å²) in [5.74, 6) is 0.648. The highest BCUT2D eigenvalue weighted by Gasteiger charge is 2.26. The third-order valence-electron chi connectivity index (χ3n) is 6.92. The van der Waals surface area contributed by atoms with E-state index in [9.17, 15) is 9.18 Å². The molecule has 2 saturated heterocycles. The standard InChI is InChI=1S/C27H29ClFN5O4/c28-20-5-4-19(22(29)14-20)17-38-26-3-1-2-23(30-26)18-8-11-33(12-9-18)16-25-32-31-24(6-7-27(35)36)34(25)15-21-10-13-37-21/h1-7,14,18,21H,8-13,15-17H2,(H,35,36)/b7-6+/t21-/m0/s1. The van der Waals surface area contributed by atoms with Crippen molar-refractivity contribution in [1.29, 1.82) is 0 Å². The minimum Gasteiger partial charge on any atom is -0.478 e. The number of carbonyl (C=O) groups is 1. The Bertz CT molecular complexity index is 1300. The number of rotatable bonds is 10. The van der Waals surface area contributed by atoms with Gasteiger partial charge >= 0.3 is 5.97 Å². The first-order chi connectivity index (χ1) is 18.4. The van der Waals surface area contributed by atoms with Crippen LogP contribution in [0.2, 0.25) is 5.02 Å². The Morgan fingerprint density at radius 2 is 2.03 bits per heavy atom. The summed E-state index contributed by atoms with van der Waals surface area (Å²) >= 11 is 5.82. The average Bonchev–Trinajstić information content (AvgIpc) is 3.26. The van der Waals surface area contributed by atoms with Gasteiger partial charge in [0.05, 0.1) is 19.2 Å². The number of nitrogens with zero attached hydrogens (tertiary/aromatic N) is 5. The molecule has 2 aliphatic rings. The summed E-state index contributed by atoms with van der Waals surface area (Å²) in [6.45, 7) is 3.77. The minimum atomic E-state index is -1.02. The number of hydrogen-bond donors (Lipinski definition) is 1. The molecular weight excluding hydrogens is 513 g/mol. The summed E-state index contributed by atoms with van der Waals surface area (Å²) in [6, 6.07) is 10.2. The number of likely N-dealkylation sites (tertiary alicyclic amines) is 1. The van der Waals surface area contributed by atoms with Crippen molar-refractivity contribution in [2.24, 2.45) is 0 Å². The Balaban J connectivity index is 1.18. The van der Waals surface area contributed by atoms with Crippen LogP contribution in [0.3, 0.4) is 0 Å². The fourth-order valence-corrected chi connectivity index (χ4v) is 4.84. The molecule has 4 heterocycles. The molecule has 3 aromatic rings. The second-order valence-electron chi connectivity index (χ2n) is 9.51. The predicted molar refractivity (Wildman–Crippen MR) is 138 cm³/mol. The number of carboxylic acids is 1. The molecule has 0 spiro atoms. The molecule has 0 saturated carbocycles. The maximum Gasteiger partial charge on any atom is 0.328 e. The van der Waals surface area contributed by atoms with E-state index in [2.05, 4.69) is 20.1 Å². The Hall–Kier alpha value is -3.34. The lowest BCUT2D eigenvalue weighted by Crippen LogP contribution is -2.35. The highest BCUT2D eigenvalue weighted by Crippen LogP contribution is 2.29. The third-order valence-corrected chi connectivity index (χ3v) is 7.15. The summed E-state index contributed by atoms with van der Waals surface area (Å²) in [7, 11) is 0. The molecule has 2 aromatic heterocycles. The molecule has 1 aromatic carbocycles. The number of ether oxygens (including phenoxy) is 2. The molecule has 1 atom stereocenters. The van der Waals surface area contributed by atoms with E-state index in [-0.39, 0.29) is 18.6 Å². The number of aromatic nitrogens is 4. The van der Waals surface area contributed by atoms with Crippen LogP contribution in [0.4, 0.5) is 4.39 Å². The van der Waals surface area contributed by atoms with Crippen molar-refractivity contribution in [3.05, 3.63) is 76.2 Å². The van der Waals surface area contributed by atoms with Crippen molar-refractivity contribution < 1.29 is 23.8 Å². The fourth-order valence-electron chi connectivity index (χ4n) is 4.68. The zero-order valence-corrected chi connectivity index (χ0v) is 21.6. The zero-order valence-electron chi connectivity index (χ0n) is 20.8. The van der Waals surface area contributed by atoms with Crippen LogP contribution >= 0.6 is 11.6 Å². The quantitative estimate of drug-likeness (QED) is 0.379. The van der Waals surface area contributed by atoms with Gasteiger partial charge in [-0.2, -0.15) is 0 Å². The van der Waals surface area contributed by atoms with Crippen molar-refractivity contribution in [3.8, 4) is 5.88 Å². The van der Waals surface area contributed by atoms with Crippen LogP contribution in [0, 0.1) is 5.82 Å². The van der Waals surface area contributed by atoms with Crippen LogP contribution in [0.25, 0.3) is 6.08 Å². The lowest BCUT2D eigenvalue weighted by Gasteiger charge is -2.32. The highest BCUT2D eigenvalue weighted by atomic mass is 35.5. The zero-order chi connectivity index (χ0) is 26.5. The smallest absolute Gasteiger partial charge is 0.328 e. The van der Waals surface area contributed by atoms with Crippen LogP contribution in [-0.4, -0.2) is 61.5 Å². The Morgan fingerprint density at radius 3 is 2.74 bits per heavy atom. The van der Waals surface area contributed by atoms with Gasteiger partial charge in [-0.05, 0) is 56.6 Å². The second-order valence-corrected chi connectivity index (χ2v) is 9.95. The maximum absolute atomic E-state index is 14.1. The average molecular weight is 542 g/mol. The molecule has 0 radical (unpaired) electrons. The SMILES string of the molecule is O=C(O)/C=C/c1nnc(CN2CCC(c3cccc(OCc4ccc(Cl)cc4F)n3)CC2)n1C[C@@H]1CCO1. The molecule has 5 rings (SSSR count). The van der Waals surface area contributed by atoms with Gasteiger partial charge in [-0.15, -0.1) is 10.2 Å². The van der Waals surface area contributed by atoms with Crippen molar-refractivity contribution >= 4 is 23.6 Å². The number of piperidine rings is 1. The number of benzene rings is 1. The van der Waals surface area contributed by atoms with Crippen LogP contribution in [0.15, 0.2) is 42.5 Å². The molecular formula is C27H29ClFN5O4. The fraction of sp³-hybridized carbons (Fsp3) is 0.407. The van der Waals surface area contributed by atoms with Gasteiger partial charge in [-0.1, -0.05) is 23.7 Å². The maximum atomic E-state index is 14.1. The van der Waals surface area contributed by atoms with Crippen LogP contribution in [0.1, 0.15) is 48.1 Å². The van der Waals surface area contributed by atoms with Crippen molar-refractivity contribution in [1.82, 2.24) is 24.6 Å². The summed E-state index contributed by atoms with van der Waals surface area (Å²) in [4.78, 5) is 18.0. The van der Waals surface area contributed by atoms with E-state index >= 15 is 0 Å². The van der Waals surface area contributed by atoms with E-state index < -0.39 is 11.8 Å². The summed E-state index contributed by atoms with van der Waals surface area (Å²) in [5, 5.41) is 17.9. The van der Waals surface area contributed by atoms with E-state index in [1.807, 2.05) is 16.7 Å². The molecule has 1 N–H and O–H groups in total. The molecule has 200 valence electrons. The van der Waals surface area contributed by atoms with Gasteiger partial charge in [0.25, 0.3) is 0 Å². The summed E-state index contributed by atoms with van der Waals surface area (Å²) < 4.78 is 27.4. The molecule has 38 heavy (non-hydrogen) atoms. The first-order valence-electron chi connectivity index (χ1n) is 12.7. The minimum absolute atomic E-state index is 0.0775. The van der Waals surface area contributed by atoms with Crippen LogP contribution < -0.4 is 4.74 Å². The van der Waals surface area contributed by atoms with Crippen molar-refractivity contribution in [2.75, 3.05) is 19.7 Å². The normalized spacial score (nSPS) is 18.5. The Morgan fingerprint density at radius 1 is 1.21 bits per heavy atom. The lowest BCUT2D eigenvalue weighted by atomic mass is 9.93. The summed E-state index contributed by atoms with van der Waals surface area (Å²) in [6.07, 6.45) is 5.47. The number of pyridine rings is 1. The topological polar surface area (TPSA) is 103 Å². The molecule has 0 unspecified atom stereocenters. The van der Waals surface area contributed by atoms with E-state index in [1.165, 1.54) is 12.1 Å². The molecule has 2 aliphatic heterocycles. The summed E-state index contributed by atoms with van der Waals surface area (Å²) in [5.41, 5.74) is 1.39. The first-order valence-corrected chi connectivity index (χ1v) is 13.0. The monoisotopic (exact) mass is 541 g/mol. The predicted octanol–water partition coefficient (Wildman–Crippen LogP) is 4.31. The van der Waals surface area contributed by atoms with Crippen LogP contribution in [-0.2, 0) is 29.2 Å². The molecule has 0 aliphatic carbocycles. The third kappa shape index (κ3) is 6.56. The first kappa shape index (κ1) is 26.3. The van der Waals surface area contributed by atoms with Gasteiger partial charge in [0.1, 0.15) is 18.2 Å². The van der Waals surface area contributed by atoms with Crippen LogP contribution in [0.5, 0.6) is 5.88 Å². The van der Waals surface area contributed by atoms with Gasteiger partial charge < -0.3 is 19.1 Å². The van der Waals surface area contributed by atoms with Gasteiger partial charge in [0.15, 0.2) is 5.82 Å². The van der Waals surface area contributed by atoms with E-state index in [4.69, 9.17) is 26.2 Å². The Labute approximate surface area is 224 Å². The van der Waals surface area contributed by atoms with Gasteiger partial charge in [0, 0.05) is 40.9 Å². The number of aliphatic carboxylic acids is 1. The van der Waals surface area contributed by atoms with Crippen molar-refractivity contribution in [3.63, 3.8) is 0 Å². The number of carboxylic acid groups (broad SMARTS) is 1. The number of halogens is 2. The van der Waals surface area contributed by atoms with Gasteiger partial charge in [0.2, 0.25) is 5.88 Å². The largest absolute Gasteiger partial charge is 0.478 e. The van der Waals surface area contributed by atoms with Gasteiger partial charge in [-0.3, -0.25) is 4.90 Å². The van der Waals surface area contributed by atoms with Gasteiger partial charge in [-0.25, -0.2) is 14.2 Å². The molecule has 0 amide bonds. The van der Waals surface area contributed by atoms with Crippen molar-refractivity contribution in [2.45, 2.75) is 51.0 Å². The molecule has 2 fully saturated rings. The molecule has 0 bridgehead atoms. The molecule has 11 heteroatoms. The lowest BCUT2D eigenvalue weighted by molar-refractivity contribution is -0.131. The highest BCUT2D eigenvalue weighted by molar-refractivity contribution is 6.30. The molecule has 9 nitrogen and oxygen atoms in total. The van der Waals surface area contributed by atoms with E-state index in [1.54, 1.807) is 18.2 Å². The number of hydrogen-bond acceptors (Lipinski definition) is 7. The second kappa shape index (κ2) is 12.0. The van der Waals surface area contributed by atoms with E-state index in [0.717, 1.165) is 56.6 Å². The Kier molecular flexibility index (Phi) is 8.31.